The molecule has 9 heteroatoms. The number of anilines is 1. The third kappa shape index (κ3) is 4.63. The number of nitrogens with zero attached hydrogens (tertiary/aromatic N) is 2. The number of hydrogen-bond acceptors (Lipinski definition) is 6. The first-order valence-electron chi connectivity index (χ1n) is 7.98. The number of thiazole rings is 1. The van der Waals surface area contributed by atoms with E-state index in [1.807, 2.05) is 13.8 Å². The zero-order chi connectivity index (χ0) is 19.4. The van der Waals surface area contributed by atoms with Gasteiger partial charge in [0.05, 0.1) is 10.6 Å². The highest BCUT2D eigenvalue weighted by Gasteiger charge is 2.24. The predicted octanol–water partition coefficient (Wildman–Crippen LogP) is 3.13. The molecule has 0 bridgehead atoms. The van der Waals surface area contributed by atoms with Crippen molar-refractivity contribution in [1.82, 2.24) is 10.3 Å². The van der Waals surface area contributed by atoms with Gasteiger partial charge in [0.25, 0.3) is 5.69 Å². The number of nitrogens with one attached hydrogen (secondary N) is 2. The average molecular weight is 376 g/mol. The van der Waals surface area contributed by atoms with Crippen LogP contribution in [0.3, 0.4) is 0 Å². The molecule has 1 heterocycles. The summed E-state index contributed by atoms with van der Waals surface area (Å²) in [6, 6.07) is 4.21. The summed E-state index contributed by atoms with van der Waals surface area (Å²) in [5.74, 6) is -0.727. The Morgan fingerprint density at radius 2 is 2.00 bits per heavy atom. The average Bonchev–Trinajstić information content (AvgIpc) is 3.00. The molecule has 0 fully saturated rings. The maximum Gasteiger partial charge on any atom is 0.272 e. The van der Waals surface area contributed by atoms with E-state index in [-0.39, 0.29) is 23.4 Å². The van der Waals surface area contributed by atoms with E-state index in [1.165, 1.54) is 24.3 Å². The Kier molecular flexibility index (Phi) is 6.04. The van der Waals surface area contributed by atoms with Crippen molar-refractivity contribution in [1.29, 1.82) is 0 Å². The van der Waals surface area contributed by atoms with Gasteiger partial charge in [0.1, 0.15) is 6.04 Å². The van der Waals surface area contributed by atoms with Crippen molar-refractivity contribution in [3.63, 3.8) is 0 Å². The van der Waals surface area contributed by atoms with E-state index in [2.05, 4.69) is 15.6 Å². The lowest BCUT2D eigenvalue weighted by Gasteiger charge is -2.20. The predicted molar refractivity (Wildman–Crippen MR) is 100 cm³/mol. The van der Waals surface area contributed by atoms with Crippen LogP contribution in [0.25, 0.3) is 11.3 Å². The van der Waals surface area contributed by atoms with Crippen LogP contribution in [0.2, 0.25) is 0 Å². The first kappa shape index (κ1) is 19.5. The van der Waals surface area contributed by atoms with Crippen LogP contribution in [0.1, 0.15) is 26.3 Å². The Hall–Kier alpha value is -2.81. The fourth-order valence-electron chi connectivity index (χ4n) is 2.37. The van der Waals surface area contributed by atoms with E-state index in [9.17, 15) is 19.7 Å². The van der Waals surface area contributed by atoms with Gasteiger partial charge in [-0.1, -0.05) is 26.0 Å². The van der Waals surface area contributed by atoms with E-state index in [0.717, 1.165) is 0 Å². The second kappa shape index (κ2) is 8.05. The van der Waals surface area contributed by atoms with Crippen molar-refractivity contribution in [2.45, 2.75) is 33.7 Å². The zero-order valence-corrected chi connectivity index (χ0v) is 15.7. The van der Waals surface area contributed by atoms with E-state index in [4.69, 9.17) is 0 Å². The lowest BCUT2D eigenvalue weighted by atomic mass is 10.0. The monoisotopic (exact) mass is 376 g/mol. The van der Waals surface area contributed by atoms with E-state index in [0.29, 0.717) is 22.0 Å². The van der Waals surface area contributed by atoms with Crippen molar-refractivity contribution >= 4 is 34.0 Å². The minimum absolute atomic E-state index is 0.0200. The lowest BCUT2D eigenvalue weighted by Crippen LogP contribution is -2.46. The molecule has 1 aromatic carbocycles. The molecule has 2 amide bonds. The zero-order valence-electron chi connectivity index (χ0n) is 14.9. The molecule has 0 saturated carbocycles. The molecule has 138 valence electrons. The third-order valence-corrected chi connectivity index (χ3v) is 4.50. The second-order valence-corrected chi connectivity index (χ2v) is 7.07. The second-order valence-electron chi connectivity index (χ2n) is 6.21. The van der Waals surface area contributed by atoms with Gasteiger partial charge in [0, 0.05) is 29.5 Å². The number of hydrogen-bond donors (Lipinski definition) is 2. The van der Waals surface area contributed by atoms with Crippen molar-refractivity contribution < 1.29 is 14.5 Å². The third-order valence-electron chi connectivity index (χ3n) is 3.74. The standard InChI is InChI=1S/C17H20N4O4S/c1-9(2)15(18-11(4)22)16(23)20-17-19-13(8-26-17)12-6-5-10(3)14(7-12)21(24)25/h5-9,15H,1-4H3,(H,18,22)(H,19,20,23). The largest absolute Gasteiger partial charge is 0.344 e. The Balaban J connectivity index is 2.19. The number of amides is 2. The van der Waals surface area contributed by atoms with E-state index in [1.54, 1.807) is 24.4 Å². The van der Waals surface area contributed by atoms with Crippen molar-refractivity contribution in [3.05, 3.63) is 39.3 Å². The quantitative estimate of drug-likeness (QED) is 0.594. The first-order valence-corrected chi connectivity index (χ1v) is 8.86. The number of carbonyl (C=O) groups excluding carboxylic acids is 2. The van der Waals surface area contributed by atoms with Gasteiger partial charge >= 0.3 is 0 Å². The molecule has 1 unspecified atom stereocenters. The van der Waals surface area contributed by atoms with Crippen molar-refractivity contribution in [2.24, 2.45) is 5.92 Å². The highest BCUT2D eigenvalue weighted by Crippen LogP contribution is 2.29. The molecule has 0 saturated heterocycles. The van der Waals surface area contributed by atoms with Gasteiger partial charge in [-0.15, -0.1) is 11.3 Å². The number of aromatic nitrogens is 1. The van der Waals surface area contributed by atoms with E-state index >= 15 is 0 Å². The highest BCUT2D eigenvalue weighted by atomic mass is 32.1. The van der Waals surface area contributed by atoms with Crippen LogP contribution in [0, 0.1) is 23.0 Å². The molecule has 2 N–H and O–H groups in total. The molecule has 0 spiro atoms. The van der Waals surface area contributed by atoms with Crippen LogP contribution in [-0.4, -0.2) is 27.8 Å². The van der Waals surface area contributed by atoms with Gasteiger partial charge in [-0.25, -0.2) is 4.98 Å². The summed E-state index contributed by atoms with van der Waals surface area (Å²) in [7, 11) is 0. The number of nitro groups is 1. The number of rotatable bonds is 6. The number of carbonyl (C=O) groups is 2. The van der Waals surface area contributed by atoms with Crippen LogP contribution in [0.4, 0.5) is 10.8 Å². The molecule has 8 nitrogen and oxygen atoms in total. The van der Waals surface area contributed by atoms with Gasteiger partial charge in [0.15, 0.2) is 5.13 Å². The fourth-order valence-corrected chi connectivity index (χ4v) is 3.09. The van der Waals surface area contributed by atoms with Crippen LogP contribution in [-0.2, 0) is 9.59 Å². The van der Waals surface area contributed by atoms with Gasteiger partial charge < -0.3 is 10.6 Å². The first-order chi connectivity index (χ1) is 12.2. The summed E-state index contributed by atoms with van der Waals surface area (Å²) < 4.78 is 0. The Labute approximate surface area is 154 Å². The fraction of sp³-hybridized carbons (Fsp3) is 0.353. The molecular formula is C17H20N4O4S. The molecular weight excluding hydrogens is 356 g/mol. The maximum absolute atomic E-state index is 12.4. The molecule has 0 radical (unpaired) electrons. The molecule has 0 aliphatic rings. The number of nitro benzene ring substituents is 1. The van der Waals surface area contributed by atoms with Crippen molar-refractivity contribution in [3.8, 4) is 11.3 Å². The molecule has 1 atom stereocenters. The van der Waals surface area contributed by atoms with Crippen LogP contribution in [0.15, 0.2) is 23.6 Å². The minimum Gasteiger partial charge on any atom is -0.344 e. The molecule has 2 rings (SSSR count). The minimum atomic E-state index is -0.666. The maximum atomic E-state index is 12.4. The number of benzene rings is 1. The smallest absolute Gasteiger partial charge is 0.272 e. The summed E-state index contributed by atoms with van der Waals surface area (Å²) in [6.07, 6.45) is 0. The van der Waals surface area contributed by atoms with Gasteiger partial charge in [-0.3, -0.25) is 19.7 Å². The highest BCUT2D eigenvalue weighted by molar-refractivity contribution is 7.14. The summed E-state index contributed by atoms with van der Waals surface area (Å²) in [5, 5.41) is 18.5. The van der Waals surface area contributed by atoms with Gasteiger partial charge in [-0.2, -0.15) is 0 Å². The number of aryl methyl sites for hydroxylation is 1. The van der Waals surface area contributed by atoms with E-state index < -0.39 is 11.0 Å². The van der Waals surface area contributed by atoms with Gasteiger partial charge in [-0.05, 0) is 12.8 Å². The SMILES string of the molecule is CC(=O)NC(C(=O)Nc1nc(-c2ccc(C)c([N+](=O)[O-])c2)cs1)C(C)C. The normalized spacial score (nSPS) is 11.9. The van der Waals surface area contributed by atoms with Gasteiger partial charge in [0.2, 0.25) is 11.8 Å². The molecule has 26 heavy (non-hydrogen) atoms. The summed E-state index contributed by atoms with van der Waals surface area (Å²) in [5.41, 5.74) is 1.72. The molecule has 2 aromatic rings. The van der Waals surface area contributed by atoms with Crippen LogP contribution < -0.4 is 10.6 Å². The van der Waals surface area contributed by atoms with Crippen molar-refractivity contribution in [2.75, 3.05) is 5.32 Å². The lowest BCUT2D eigenvalue weighted by molar-refractivity contribution is -0.385. The Morgan fingerprint density at radius 1 is 1.31 bits per heavy atom. The summed E-state index contributed by atoms with van der Waals surface area (Å²) in [6.45, 7) is 6.69. The topological polar surface area (TPSA) is 114 Å². The Bertz CT molecular complexity index is 847. The van der Waals surface area contributed by atoms with Crippen LogP contribution >= 0.6 is 11.3 Å². The van der Waals surface area contributed by atoms with Crippen LogP contribution in [0.5, 0.6) is 0 Å². The molecule has 0 aliphatic carbocycles. The molecule has 1 aromatic heterocycles. The Morgan fingerprint density at radius 3 is 2.58 bits per heavy atom. The summed E-state index contributed by atoms with van der Waals surface area (Å²) >= 11 is 1.21. The molecule has 0 aliphatic heterocycles. The summed E-state index contributed by atoms with van der Waals surface area (Å²) in [4.78, 5) is 38.6.